The normalized spacial score (nSPS) is 21.0. The Morgan fingerprint density at radius 3 is 2.52 bits per heavy atom. The maximum Gasteiger partial charge on any atom is 0.317 e. The first-order chi connectivity index (χ1) is 11.1. The number of rotatable bonds is 4. The van der Waals surface area contributed by atoms with Gasteiger partial charge in [0.15, 0.2) is 0 Å². The summed E-state index contributed by atoms with van der Waals surface area (Å²) in [6.45, 7) is 3.86. The van der Waals surface area contributed by atoms with E-state index in [1.807, 2.05) is 19.9 Å². The van der Waals surface area contributed by atoms with Crippen molar-refractivity contribution in [2.75, 3.05) is 0 Å². The van der Waals surface area contributed by atoms with E-state index >= 15 is 0 Å². The number of amides is 1. The standard InChI is InChI=1S/C15H20N6O2/c1-9-7-10(2)19-15(18-9)23-12-5-3-11(4-6-12)20-14(22)13-16-8-17-21-13/h7-8,11-12H,3-6H2,1-2H3,(H,20,22)(H,16,17,21). The zero-order chi connectivity index (χ0) is 16.2. The molecule has 122 valence electrons. The fraction of sp³-hybridized carbons (Fsp3) is 0.533. The van der Waals surface area contributed by atoms with Crippen molar-refractivity contribution in [2.45, 2.75) is 51.7 Å². The summed E-state index contributed by atoms with van der Waals surface area (Å²) in [5.41, 5.74) is 1.81. The van der Waals surface area contributed by atoms with Crippen LogP contribution in [0.5, 0.6) is 6.01 Å². The third-order valence-electron chi connectivity index (χ3n) is 3.87. The summed E-state index contributed by atoms with van der Waals surface area (Å²) in [4.78, 5) is 24.4. The number of H-pyrrole nitrogens is 1. The zero-order valence-corrected chi connectivity index (χ0v) is 13.2. The molecule has 2 aromatic rings. The van der Waals surface area contributed by atoms with Gasteiger partial charge in [-0.15, -0.1) is 0 Å². The van der Waals surface area contributed by atoms with Crippen LogP contribution in [0.3, 0.4) is 0 Å². The van der Waals surface area contributed by atoms with Gasteiger partial charge in [0.2, 0.25) is 5.82 Å². The number of nitrogens with zero attached hydrogens (tertiary/aromatic N) is 4. The van der Waals surface area contributed by atoms with E-state index in [-0.39, 0.29) is 23.9 Å². The van der Waals surface area contributed by atoms with Crippen LogP contribution >= 0.6 is 0 Å². The molecule has 0 radical (unpaired) electrons. The van der Waals surface area contributed by atoms with Gasteiger partial charge in [-0.3, -0.25) is 9.89 Å². The predicted octanol–water partition coefficient (Wildman–Crippen LogP) is 1.33. The molecule has 8 nitrogen and oxygen atoms in total. The van der Waals surface area contributed by atoms with Crippen LogP contribution in [0.1, 0.15) is 47.7 Å². The lowest BCUT2D eigenvalue weighted by Gasteiger charge is -2.28. The number of aromatic nitrogens is 5. The zero-order valence-electron chi connectivity index (χ0n) is 13.2. The molecule has 0 atom stereocenters. The first-order valence-electron chi connectivity index (χ1n) is 7.75. The largest absolute Gasteiger partial charge is 0.460 e. The van der Waals surface area contributed by atoms with Crippen LogP contribution in [0.15, 0.2) is 12.4 Å². The highest BCUT2D eigenvalue weighted by atomic mass is 16.5. The van der Waals surface area contributed by atoms with Gasteiger partial charge in [-0.05, 0) is 45.6 Å². The van der Waals surface area contributed by atoms with E-state index in [1.165, 1.54) is 6.33 Å². The molecule has 1 aliphatic carbocycles. The number of hydrogen-bond acceptors (Lipinski definition) is 6. The monoisotopic (exact) mass is 316 g/mol. The number of nitrogens with one attached hydrogen (secondary N) is 2. The van der Waals surface area contributed by atoms with Gasteiger partial charge in [-0.2, -0.15) is 5.10 Å². The molecule has 1 fully saturated rings. The van der Waals surface area contributed by atoms with Crippen LogP contribution in [0.25, 0.3) is 0 Å². The number of ether oxygens (including phenoxy) is 1. The average Bonchev–Trinajstić information content (AvgIpc) is 3.02. The van der Waals surface area contributed by atoms with Crippen molar-refractivity contribution in [3.63, 3.8) is 0 Å². The molecular formula is C15H20N6O2. The Morgan fingerprint density at radius 1 is 1.22 bits per heavy atom. The molecule has 0 unspecified atom stereocenters. The lowest BCUT2D eigenvalue weighted by atomic mass is 9.93. The second-order valence-electron chi connectivity index (χ2n) is 5.83. The molecule has 23 heavy (non-hydrogen) atoms. The first kappa shape index (κ1) is 15.4. The van der Waals surface area contributed by atoms with Crippen molar-refractivity contribution in [1.29, 1.82) is 0 Å². The van der Waals surface area contributed by atoms with Gasteiger partial charge in [-0.1, -0.05) is 0 Å². The van der Waals surface area contributed by atoms with Gasteiger partial charge in [0, 0.05) is 17.4 Å². The highest BCUT2D eigenvalue weighted by molar-refractivity contribution is 5.90. The average molecular weight is 316 g/mol. The summed E-state index contributed by atoms with van der Waals surface area (Å²) in [6, 6.07) is 2.49. The van der Waals surface area contributed by atoms with Crippen LogP contribution in [-0.4, -0.2) is 43.2 Å². The Morgan fingerprint density at radius 2 is 1.91 bits per heavy atom. The number of hydrogen-bond donors (Lipinski definition) is 2. The van der Waals surface area contributed by atoms with Gasteiger partial charge in [0.1, 0.15) is 12.4 Å². The summed E-state index contributed by atoms with van der Waals surface area (Å²) >= 11 is 0. The molecule has 0 saturated heterocycles. The van der Waals surface area contributed by atoms with E-state index in [2.05, 4.69) is 30.5 Å². The molecule has 8 heteroatoms. The van der Waals surface area contributed by atoms with Crippen molar-refractivity contribution < 1.29 is 9.53 Å². The molecule has 1 aliphatic rings. The molecule has 2 N–H and O–H groups in total. The van der Waals surface area contributed by atoms with Crippen LogP contribution in [-0.2, 0) is 0 Å². The Balaban J connectivity index is 1.49. The fourth-order valence-electron chi connectivity index (χ4n) is 2.79. The van der Waals surface area contributed by atoms with Crippen molar-refractivity contribution in [2.24, 2.45) is 0 Å². The first-order valence-corrected chi connectivity index (χ1v) is 7.75. The van der Waals surface area contributed by atoms with E-state index < -0.39 is 0 Å². The maximum atomic E-state index is 11.9. The van der Waals surface area contributed by atoms with Gasteiger partial charge >= 0.3 is 6.01 Å². The lowest BCUT2D eigenvalue weighted by Crippen LogP contribution is -2.40. The van der Waals surface area contributed by atoms with E-state index in [1.54, 1.807) is 0 Å². The van der Waals surface area contributed by atoms with Crippen LogP contribution in [0, 0.1) is 13.8 Å². The van der Waals surface area contributed by atoms with Gasteiger partial charge in [0.25, 0.3) is 5.91 Å². The third-order valence-corrected chi connectivity index (χ3v) is 3.87. The summed E-state index contributed by atoms with van der Waals surface area (Å²) in [5.74, 6) is 0.0246. The molecule has 0 spiro atoms. The van der Waals surface area contributed by atoms with Crippen molar-refractivity contribution in [3.05, 3.63) is 29.6 Å². The minimum Gasteiger partial charge on any atom is -0.460 e. The van der Waals surface area contributed by atoms with E-state index in [4.69, 9.17) is 4.74 Å². The summed E-state index contributed by atoms with van der Waals surface area (Å²) < 4.78 is 5.88. The van der Waals surface area contributed by atoms with E-state index in [9.17, 15) is 4.79 Å². The second-order valence-corrected chi connectivity index (χ2v) is 5.83. The van der Waals surface area contributed by atoms with Crippen molar-refractivity contribution >= 4 is 5.91 Å². The Hall–Kier alpha value is -2.51. The molecule has 0 aliphatic heterocycles. The highest BCUT2D eigenvalue weighted by Crippen LogP contribution is 2.22. The lowest BCUT2D eigenvalue weighted by molar-refractivity contribution is 0.0875. The number of aryl methyl sites for hydroxylation is 2. The number of carbonyl (C=O) groups is 1. The molecule has 1 amide bonds. The molecule has 2 heterocycles. The smallest absolute Gasteiger partial charge is 0.317 e. The van der Waals surface area contributed by atoms with Crippen LogP contribution < -0.4 is 10.1 Å². The summed E-state index contributed by atoms with van der Waals surface area (Å²) in [6.07, 6.45) is 4.85. The van der Waals surface area contributed by atoms with E-state index in [0.29, 0.717) is 6.01 Å². The molecule has 3 rings (SSSR count). The van der Waals surface area contributed by atoms with Gasteiger partial charge in [0.05, 0.1) is 0 Å². The van der Waals surface area contributed by atoms with Crippen LogP contribution in [0.4, 0.5) is 0 Å². The fourth-order valence-corrected chi connectivity index (χ4v) is 2.79. The molecule has 2 aromatic heterocycles. The van der Waals surface area contributed by atoms with Gasteiger partial charge in [-0.25, -0.2) is 15.0 Å². The topological polar surface area (TPSA) is 106 Å². The minimum absolute atomic E-state index is 0.0923. The minimum atomic E-state index is -0.218. The molecule has 0 aromatic carbocycles. The Bertz CT molecular complexity index is 644. The molecular weight excluding hydrogens is 296 g/mol. The Kier molecular flexibility index (Phi) is 4.50. The third kappa shape index (κ3) is 4.02. The predicted molar refractivity (Wildman–Crippen MR) is 82.0 cm³/mol. The number of aromatic amines is 1. The van der Waals surface area contributed by atoms with Crippen molar-refractivity contribution in [1.82, 2.24) is 30.5 Å². The number of carbonyl (C=O) groups excluding carboxylic acids is 1. The van der Waals surface area contributed by atoms with Crippen molar-refractivity contribution in [3.8, 4) is 6.01 Å². The molecule has 1 saturated carbocycles. The summed E-state index contributed by atoms with van der Waals surface area (Å²) in [5, 5.41) is 9.21. The van der Waals surface area contributed by atoms with Crippen LogP contribution in [0.2, 0.25) is 0 Å². The SMILES string of the molecule is Cc1cc(C)nc(OC2CCC(NC(=O)c3ncn[nH]3)CC2)n1. The van der Waals surface area contributed by atoms with Gasteiger partial charge < -0.3 is 10.1 Å². The second kappa shape index (κ2) is 6.72. The quantitative estimate of drug-likeness (QED) is 0.881. The molecule has 0 bridgehead atoms. The van der Waals surface area contributed by atoms with E-state index in [0.717, 1.165) is 37.1 Å². The Labute approximate surface area is 134 Å². The highest BCUT2D eigenvalue weighted by Gasteiger charge is 2.25. The summed E-state index contributed by atoms with van der Waals surface area (Å²) in [7, 11) is 0. The maximum absolute atomic E-state index is 11.9.